The number of halogens is 1. The number of nitrogens with zero attached hydrogens (tertiary/aromatic N) is 6. The summed E-state index contributed by atoms with van der Waals surface area (Å²) in [6, 6.07) is 0. The van der Waals surface area contributed by atoms with Gasteiger partial charge in [0.25, 0.3) is 0 Å². The van der Waals surface area contributed by atoms with Crippen molar-refractivity contribution in [2.24, 2.45) is 14.1 Å². The predicted octanol–water partition coefficient (Wildman–Crippen LogP) is 1.79. The third-order valence-corrected chi connectivity index (χ3v) is 3.71. The minimum absolute atomic E-state index is 0.404. The molecule has 0 aliphatic carbocycles. The van der Waals surface area contributed by atoms with Crippen LogP contribution in [0.4, 0.5) is 0 Å². The molecule has 0 spiro atoms. The van der Waals surface area contributed by atoms with Crippen LogP contribution in [0.3, 0.4) is 0 Å². The predicted molar refractivity (Wildman–Crippen MR) is 77.7 cm³/mol. The molecule has 0 aliphatic rings. The van der Waals surface area contributed by atoms with E-state index in [1.807, 2.05) is 42.8 Å². The Morgan fingerprint density at radius 1 is 1.30 bits per heavy atom. The van der Waals surface area contributed by atoms with Gasteiger partial charge in [0, 0.05) is 26.8 Å². The lowest BCUT2D eigenvalue weighted by atomic mass is 10.2. The van der Waals surface area contributed by atoms with Crippen molar-refractivity contribution in [3.05, 3.63) is 29.5 Å². The van der Waals surface area contributed by atoms with Gasteiger partial charge < -0.3 is 4.57 Å². The van der Waals surface area contributed by atoms with Gasteiger partial charge in [-0.2, -0.15) is 10.2 Å². The summed E-state index contributed by atoms with van der Waals surface area (Å²) in [6.45, 7) is 2.79. The molecule has 7 heteroatoms. The number of aryl methyl sites for hydroxylation is 5. The van der Waals surface area contributed by atoms with Crippen molar-refractivity contribution in [3.63, 3.8) is 0 Å². The molecule has 3 rings (SSSR count). The van der Waals surface area contributed by atoms with E-state index < -0.39 is 0 Å². The van der Waals surface area contributed by atoms with E-state index in [1.165, 1.54) is 5.56 Å². The average Bonchev–Trinajstić information content (AvgIpc) is 3.05. The average molecular weight is 293 g/mol. The van der Waals surface area contributed by atoms with Crippen molar-refractivity contribution >= 4 is 22.8 Å². The first-order chi connectivity index (χ1) is 9.60. The normalized spacial score (nSPS) is 11.6. The molecule has 20 heavy (non-hydrogen) atoms. The third kappa shape index (κ3) is 2.10. The van der Waals surface area contributed by atoms with Gasteiger partial charge in [-0.15, -0.1) is 11.6 Å². The Morgan fingerprint density at radius 2 is 2.10 bits per heavy atom. The molecular formula is C13H17ClN6. The van der Waals surface area contributed by atoms with Crippen LogP contribution in [0.15, 0.2) is 12.4 Å². The van der Waals surface area contributed by atoms with Gasteiger partial charge in [-0.25, -0.2) is 4.98 Å². The van der Waals surface area contributed by atoms with Crippen molar-refractivity contribution in [2.45, 2.75) is 25.8 Å². The first-order valence-electron chi connectivity index (χ1n) is 6.52. The van der Waals surface area contributed by atoms with Crippen LogP contribution in [-0.2, 0) is 32.9 Å². The molecule has 106 valence electrons. The molecule has 0 atom stereocenters. The third-order valence-electron chi connectivity index (χ3n) is 3.47. The zero-order chi connectivity index (χ0) is 14.3. The van der Waals surface area contributed by atoms with Gasteiger partial charge in [-0.05, 0) is 18.9 Å². The van der Waals surface area contributed by atoms with Crippen molar-refractivity contribution in [3.8, 4) is 0 Å². The molecule has 0 aliphatic heterocycles. The fourth-order valence-corrected chi connectivity index (χ4v) is 2.76. The molecule has 0 saturated carbocycles. The first-order valence-corrected chi connectivity index (χ1v) is 7.05. The number of rotatable bonds is 4. The van der Waals surface area contributed by atoms with Crippen LogP contribution in [-0.4, -0.2) is 29.1 Å². The molecule has 6 nitrogen and oxygen atoms in total. The van der Waals surface area contributed by atoms with Gasteiger partial charge in [0.15, 0.2) is 5.65 Å². The zero-order valence-corrected chi connectivity index (χ0v) is 12.6. The lowest BCUT2D eigenvalue weighted by Crippen LogP contribution is -2.08. The fraction of sp³-hybridized carbons (Fsp3) is 0.462. The molecular weight excluding hydrogens is 276 g/mol. The quantitative estimate of drug-likeness (QED) is 0.689. The monoisotopic (exact) mass is 292 g/mol. The van der Waals surface area contributed by atoms with Crippen molar-refractivity contribution in [1.82, 2.24) is 29.1 Å². The minimum Gasteiger partial charge on any atom is -0.312 e. The highest BCUT2D eigenvalue weighted by molar-refractivity contribution is 6.16. The molecule has 0 amide bonds. The second-order valence-corrected chi connectivity index (χ2v) is 5.23. The second kappa shape index (κ2) is 4.94. The van der Waals surface area contributed by atoms with Crippen LogP contribution < -0.4 is 0 Å². The Hall–Kier alpha value is -1.82. The van der Waals surface area contributed by atoms with Gasteiger partial charge in [0.2, 0.25) is 0 Å². The van der Waals surface area contributed by atoms with Crippen molar-refractivity contribution in [1.29, 1.82) is 0 Å². The summed E-state index contributed by atoms with van der Waals surface area (Å²) in [4.78, 5) is 4.60. The molecule has 0 bridgehead atoms. The molecule has 0 N–H and O–H groups in total. The zero-order valence-electron chi connectivity index (χ0n) is 11.8. The van der Waals surface area contributed by atoms with Crippen LogP contribution in [0.2, 0.25) is 0 Å². The van der Waals surface area contributed by atoms with Crippen LogP contribution in [0.1, 0.15) is 17.1 Å². The maximum absolute atomic E-state index is 6.02. The number of imidazole rings is 1. The van der Waals surface area contributed by atoms with E-state index in [-0.39, 0.29) is 0 Å². The van der Waals surface area contributed by atoms with E-state index in [0.717, 1.165) is 35.6 Å². The summed E-state index contributed by atoms with van der Waals surface area (Å²) >= 11 is 6.02. The standard InChI is InChI=1S/C13H17ClN6/c1-9-12-13(19(3)17-9)20(11(6-14)16-12)5-4-10-7-15-18(2)8-10/h7-8H,4-6H2,1-3H3. The molecule has 3 heterocycles. The van der Waals surface area contributed by atoms with E-state index >= 15 is 0 Å². The van der Waals surface area contributed by atoms with Crippen LogP contribution in [0.5, 0.6) is 0 Å². The minimum atomic E-state index is 0.404. The highest BCUT2D eigenvalue weighted by Gasteiger charge is 2.16. The van der Waals surface area contributed by atoms with Gasteiger partial charge >= 0.3 is 0 Å². The summed E-state index contributed by atoms with van der Waals surface area (Å²) in [5.41, 5.74) is 4.11. The number of fused-ring (bicyclic) bond motifs is 1. The maximum Gasteiger partial charge on any atom is 0.158 e. The smallest absolute Gasteiger partial charge is 0.158 e. The van der Waals surface area contributed by atoms with Crippen molar-refractivity contribution in [2.75, 3.05) is 0 Å². The Bertz CT molecular complexity index is 750. The summed E-state index contributed by atoms with van der Waals surface area (Å²) in [7, 11) is 3.86. The largest absolute Gasteiger partial charge is 0.312 e. The van der Waals surface area contributed by atoms with E-state index in [0.29, 0.717) is 5.88 Å². The Balaban J connectivity index is 1.96. The van der Waals surface area contributed by atoms with Gasteiger partial charge in [-0.3, -0.25) is 9.36 Å². The molecule has 3 aromatic heterocycles. The SMILES string of the molecule is Cc1nn(C)c2c1nc(CCl)n2CCc1cnn(C)c1. The van der Waals surface area contributed by atoms with E-state index in [1.54, 1.807) is 0 Å². The van der Waals surface area contributed by atoms with E-state index in [2.05, 4.69) is 19.7 Å². The number of aromatic nitrogens is 6. The summed E-state index contributed by atoms with van der Waals surface area (Å²) in [5.74, 6) is 1.29. The van der Waals surface area contributed by atoms with Crippen LogP contribution >= 0.6 is 11.6 Å². The summed E-state index contributed by atoms with van der Waals surface area (Å²) < 4.78 is 5.84. The van der Waals surface area contributed by atoms with Crippen LogP contribution in [0, 0.1) is 6.92 Å². The lowest BCUT2D eigenvalue weighted by Gasteiger charge is -2.07. The summed E-state index contributed by atoms with van der Waals surface area (Å²) in [5, 5.41) is 8.61. The summed E-state index contributed by atoms with van der Waals surface area (Å²) in [6.07, 6.45) is 4.82. The Labute approximate surface area is 122 Å². The number of alkyl halides is 1. The number of hydrogen-bond acceptors (Lipinski definition) is 3. The maximum atomic E-state index is 6.02. The van der Waals surface area contributed by atoms with Crippen LogP contribution in [0.25, 0.3) is 11.2 Å². The topological polar surface area (TPSA) is 53.5 Å². The van der Waals surface area contributed by atoms with Gasteiger partial charge in [-0.1, -0.05) is 0 Å². The lowest BCUT2D eigenvalue weighted by molar-refractivity contribution is 0.650. The highest BCUT2D eigenvalue weighted by Crippen LogP contribution is 2.20. The van der Waals surface area contributed by atoms with E-state index in [9.17, 15) is 0 Å². The second-order valence-electron chi connectivity index (χ2n) is 4.97. The Kier molecular flexibility index (Phi) is 3.25. The molecule has 0 radical (unpaired) electrons. The Morgan fingerprint density at radius 3 is 2.75 bits per heavy atom. The fourth-order valence-electron chi connectivity index (χ4n) is 2.56. The molecule has 3 aromatic rings. The molecule has 0 fully saturated rings. The van der Waals surface area contributed by atoms with Gasteiger partial charge in [0.1, 0.15) is 11.3 Å². The highest BCUT2D eigenvalue weighted by atomic mass is 35.5. The molecule has 0 saturated heterocycles. The first kappa shape index (κ1) is 13.2. The van der Waals surface area contributed by atoms with Gasteiger partial charge in [0.05, 0.1) is 17.8 Å². The molecule has 0 aromatic carbocycles. The van der Waals surface area contributed by atoms with Crippen molar-refractivity contribution < 1.29 is 0 Å². The van der Waals surface area contributed by atoms with E-state index in [4.69, 9.17) is 11.6 Å². The number of hydrogen-bond donors (Lipinski definition) is 0. The molecule has 0 unspecified atom stereocenters.